The third-order valence-electron chi connectivity index (χ3n) is 4.57. The van der Waals surface area contributed by atoms with Gasteiger partial charge in [0.15, 0.2) is 6.10 Å². The van der Waals surface area contributed by atoms with Gasteiger partial charge in [0.25, 0.3) is 0 Å². The molecule has 5 nitrogen and oxygen atoms in total. The number of pyridine rings is 1. The molecule has 0 amide bonds. The molecular formula is C20H18ClF7N2O3. The van der Waals surface area contributed by atoms with Crippen LogP contribution in [0.25, 0.3) is 0 Å². The van der Waals surface area contributed by atoms with Crippen molar-refractivity contribution in [3.63, 3.8) is 0 Å². The molecule has 0 saturated heterocycles. The number of aliphatic hydroxyl groups excluding tert-OH is 1. The van der Waals surface area contributed by atoms with E-state index >= 15 is 0 Å². The zero-order valence-corrected chi connectivity index (χ0v) is 17.7. The number of alkyl halides is 6. The Kier molecular flexibility index (Phi) is 8.31. The summed E-state index contributed by atoms with van der Waals surface area (Å²) >= 11 is 5.79. The first kappa shape index (κ1) is 26.8. The molecule has 1 aromatic carbocycles. The summed E-state index contributed by atoms with van der Waals surface area (Å²) in [4.78, 5) is 16.3. The second-order valence-corrected chi connectivity index (χ2v) is 7.35. The van der Waals surface area contributed by atoms with Gasteiger partial charge in [-0.2, -0.15) is 26.3 Å². The summed E-state index contributed by atoms with van der Waals surface area (Å²) in [5, 5.41) is 11.8. The van der Waals surface area contributed by atoms with Crippen molar-refractivity contribution < 1.29 is 45.4 Å². The molecule has 0 aliphatic carbocycles. The van der Waals surface area contributed by atoms with E-state index in [2.05, 4.69) is 10.3 Å². The summed E-state index contributed by atoms with van der Waals surface area (Å²) in [5.74, 6) is -2.39. The van der Waals surface area contributed by atoms with Gasteiger partial charge in [-0.15, -0.1) is 0 Å². The van der Waals surface area contributed by atoms with Gasteiger partial charge in [-0.1, -0.05) is 11.6 Å². The van der Waals surface area contributed by atoms with Crippen LogP contribution in [0.4, 0.5) is 30.7 Å². The van der Waals surface area contributed by atoms with E-state index < -0.39 is 59.9 Å². The highest BCUT2D eigenvalue weighted by Crippen LogP contribution is 2.38. The molecule has 0 aliphatic rings. The summed E-state index contributed by atoms with van der Waals surface area (Å²) in [6.45, 7) is 0.0288. The number of ether oxygens (including phenoxy) is 1. The van der Waals surface area contributed by atoms with E-state index in [4.69, 9.17) is 16.3 Å². The maximum atomic E-state index is 14.2. The number of aromatic nitrogens is 1. The minimum atomic E-state index is -5.09. The fourth-order valence-corrected chi connectivity index (χ4v) is 3.15. The van der Waals surface area contributed by atoms with Crippen molar-refractivity contribution in [2.45, 2.75) is 37.3 Å². The minimum absolute atomic E-state index is 0.0781. The number of halogens is 8. The highest BCUT2D eigenvalue weighted by molar-refractivity contribution is 6.30. The summed E-state index contributed by atoms with van der Waals surface area (Å²) < 4.78 is 97.9. The Labute approximate surface area is 188 Å². The molecule has 1 heterocycles. The topological polar surface area (TPSA) is 71.5 Å². The van der Waals surface area contributed by atoms with Crippen LogP contribution in [0.3, 0.4) is 0 Å². The number of hydrogen-bond donors (Lipinski definition) is 2. The predicted molar refractivity (Wildman–Crippen MR) is 103 cm³/mol. The van der Waals surface area contributed by atoms with Gasteiger partial charge in [-0.3, -0.25) is 15.1 Å². The van der Waals surface area contributed by atoms with Crippen molar-refractivity contribution in [2.24, 2.45) is 0 Å². The van der Waals surface area contributed by atoms with Crippen LogP contribution in [0.2, 0.25) is 5.02 Å². The zero-order chi connectivity index (χ0) is 25.0. The maximum absolute atomic E-state index is 14.2. The average molecular weight is 503 g/mol. The SMILES string of the molecule is CCOC(=O)CC(NCC(O)C(F)(F)F)(c1cc(F)cc(C(F)(F)F)c1)c1ccc(Cl)cn1. The fourth-order valence-electron chi connectivity index (χ4n) is 3.04. The third-order valence-corrected chi connectivity index (χ3v) is 4.80. The number of carbonyl (C=O) groups is 1. The smallest absolute Gasteiger partial charge is 0.416 e. The molecule has 0 bridgehead atoms. The molecule has 2 aromatic rings. The number of aliphatic hydroxyl groups is 1. The molecule has 0 radical (unpaired) electrons. The predicted octanol–water partition coefficient (Wildman–Crippen LogP) is 4.60. The van der Waals surface area contributed by atoms with E-state index in [1.807, 2.05) is 0 Å². The number of rotatable bonds is 8. The number of esters is 1. The lowest BCUT2D eigenvalue weighted by Gasteiger charge is -2.36. The fraction of sp³-hybridized carbons (Fsp3) is 0.400. The van der Waals surface area contributed by atoms with E-state index in [0.717, 1.165) is 12.3 Å². The first-order valence-corrected chi connectivity index (χ1v) is 9.72. The lowest BCUT2D eigenvalue weighted by Crippen LogP contribution is -2.51. The van der Waals surface area contributed by atoms with Crippen LogP contribution in [0.5, 0.6) is 0 Å². The molecule has 0 spiro atoms. The number of nitrogens with one attached hydrogen (secondary N) is 1. The van der Waals surface area contributed by atoms with Gasteiger partial charge in [0.1, 0.15) is 5.82 Å². The van der Waals surface area contributed by atoms with Crippen molar-refractivity contribution in [1.29, 1.82) is 0 Å². The molecule has 0 aliphatic heterocycles. The van der Waals surface area contributed by atoms with Gasteiger partial charge >= 0.3 is 18.3 Å². The molecule has 182 valence electrons. The standard InChI is InChI=1S/C20H18ClF7N2O3/c1-2-33-17(32)8-18(15-4-3-13(21)9-29-15,30-10-16(31)20(26,27)28)11-5-12(19(23,24)25)7-14(22)6-11/h3-7,9,16,30-31H,2,8,10H2,1H3. The Morgan fingerprint density at radius 3 is 2.30 bits per heavy atom. The van der Waals surface area contributed by atoms with Crippen LogP contribution in [-0.2, 0) is 21.2 Å². The first-order chi connectivity index (χ1) is 15.2. The first-order valence-electron chi connectivity index (χ1n) is 9.34. The van der Waals surface area contributed by atoms with Crippen molar-refractivity contribution in [1.82, 2.24) is 10.3 Å². The third kappa shape index (κ3) is 6.78. The normalized spacial score (nSPS) is 15.1. The van der Waals surface area contributed by atoms with E-state index in [1.54, 1.807) is 0 Å². The van der Waals surface area contributed by atoms with Crippen molar-refractivity contribution in [2.75, 3.05) is 13.2 Å². The van der Waals surface area contributed by atoms with E-state index in [0.29, 0.717) is 12.1 Å². The molecule has 2 N–H and O–H groups in total. The van der Waals surface area contributed by atoms with Crippen molar-refractivity contribution >= 4 is 17.6 Å². The van der Waals surface area contributed by atoms with Crippen LogP contribution in [-0.4, -0.2) is 41.5 Å². The lowest BCUT2D eigenvalue weighted by atomic mass is 9.81. The summed E-state index contributed by atoms with van der Waals surface area (Å²) in [7, 11) is 0. The Morgan fingerprint density at radius 1 is 1.15 bits per heavy atom. The van der Waals surface area contributed by atoms with Gasteiger partial charge in [-0.05, 0) is 42.8 Å². The molecule has 2 rings (SSSR count). The Balaban J connectivity index is 2.76. The Bertz CT molecular complexity index is 968. The summed E-state index contributed by atoms with van der Waals surface area (Å²) in [5.41, 5.74) is -4.51. The van der Waals surface area contributed by atoms with Crippen molar-refractivity contribution in [3.05, 3.63) is 64.2 Å². The Morgan fingerprint density at radius 2 is 1.79 bits per heavy atom. The average Bonchev–Trinajstić information content (AvgIpc) is 2.70. The van der Waals surface area contributed by atoms with Crippen LogP contribution < -0.4 is 5.32 Å². The summed E-state index contributed by atoms with van der Waals surface area (Å²) in [6, 6.07) is 3.67. The molecule has 0 fully saturated rings. The molecular weight excluding hydrogens is 485 g/mol. The molecule has 0 saturated carbocycles. The quantitative estimate of drug-likeness (QED) is 0.408. The molecule has 2 atom stereocenters. The van der Waals surface area contributed by atoms with Crippen molar-refractivity contribution in [3.8, 4) is 0 Å². The number of carbonyl (C=O) groups excluding carboxylic acids is 1. The van der Waals surface area contributed by atoms with Gasteiger partial charge in [0.2, 0.25) is 0 Å². The number of hydrogen-bond acceptors (Lipinski definition) is 5. The van der Waals surface area contributed by atoms with Crippen LogP contribution >= 0.6 is 11.6 Å². The molecule has 1 aromatic heterocycles. The van der Waals surface area contributed by atoms with Gasteiger partial charge in [0, 0.05) is 12.7 Å². The summed E-state index contributed by atoms with van der Waals surface area (Å²) in [6.07, 6.45) is -12.9. The second kappa shape index (κ2) is 10.2. The monoisotopic (exact) mass is 502 g/mol. The molecule has 2 unspecified atom stereocenters. The molecule has 33 heavy (non-hydrogen) atoms. The van der Waals surface area contributed by atoms with Crippen LogP contribution in [0, 0.1) is 5.82 Å². The minimum Gasteiger partial charge on any atom is -0.466 e. The van der Waals surface area contributed by atoms with Gasteiger partial charge < -0.3 is 9.84 Å². The maximum Gasteiger partial charge on any atom is 0.416 e. The largest absolute Gasteiger partial charge is 0.466 e. The molecule has 13 heteroatoms. The van der Waals surface area contributed by atoms with E-state index in [-0.39, 0.29) is 23.4 Å². The number of nitrogens with zero attached hydrogens (tertiary/aromatic N) is 1. The lowest BCUT2D eigenvalue weighted by molar-refractivity contribution is -0.202. The van der Waals surface area contributed by atoms with Gasteiger partial charge in [-0.25, -0.2) is 4.39 Å². The van der Waals surface area contributed by atoms with E-state index in [1.165, 1.54) is 13.0 Å². The second-order valence-electron chi connectivity index (χ2n) is 6.91. The van der Waals surface area contributed by atoms with E-state index in [9.17, 15) is 40.6 Å². The highest BCUT2D eigenvalue weighted by atomic mass is 35.5. The van der Waals surface area contributed by atoms with Crippen LogP contribution in [0.1, 0.15) is 30.2 Å². The highest BCUT2D eigenvalue weighted by Gasteiger charge is 2.44. The zero-order valence-electron chi connectivity index (χ0n) is 16.9. The Hall–Kier alpha value is -2.44. The van der Waals surface area contributed by atoms with Crippen LogP contribution in [0.15, 0.2) is 36.5 Å². The number of benzene rings is 1. The van der Waals surface area contributed by atoms with Gasteiger partial charge in [0.05, 0.1) is 34.8 Å².